The number of aliphatic carboxylic acids is 1. The molecule has 100 valence electrons. The van der Waals surface area contributed by atoms with Crippen LogP contribution < -0.4 is 10.6 Å². The highest BCUT2D eigenvalue weighted by Gasteiger charge is 2.01. The minimum absolute atomic E-state index is 0.0522. The van der Waals surface area contributed by atoms with Crippen molar-refractivity contribution in [2.75, 3.05) is 13.1 Å². The molecule has 0 fully saturated rings. The molecular weight excluding hydrogens is 220 g/mol. The smallest absolute Gasteiger partial charge is 0.303 e. The van der Waals surface area contributed by atoms with Gasteiger partial charge < -0.3 is 15.7 Å². The normalized spacial score (nSPS) is 10.5. The van der Waals surface area contributed by atoms with E-state index in [1.165, 1.54) is 0 Å². The molecule has 3 N–H and O–H groups in total. The SMILES string of the molecule is CC(C)NCCC(=O)NCCCCCC(=O)O. The van der Waals surface area contributed by atoms with Gasteiger partial charge in [0.05, 0.1) is 0 Å². The monoisotopic (exact) mass is 244 g/mol. The second-order valence-electron chi connectivity index (χ2n) is 4.41. The van der Waals surface area contributed by atoms with Gasteiger partial charge in [0, 0.05) is 32.0 Å². The third kappa shape index (κ3) is 12.8. The van der Waals surface area contributed by atoms with Crippen molar-refractivity contribution in [2.45, 2.75) is 52.0 Å². The highest BCUT2D eigenvalue weighted by molar-refractivity contribution is 5.75. The molecule has 0 aromatic heterocycles. The maximum absolute atomic E-state index is 11.3. The van der Waals surface area contributed by atoms with E-state index in [1.54, 1.807) is 0 Å². The fraction of sp³-hybridized carbons (Fsp3) is 0.833. The Hall–Kier alpha value is -1.10. The van der Waals surface area contributed by atoms with Gasteiger partial charge in [-0.25, -0.2) is 0 Å². The molecule has 0 unspecified atom stereocenters. The molecule has 0 aliphatic heterocycles. The van der Waals surface area contributed by atoms with E-state index < -0.39 is 5.97 Å². The number of amides is 1. The number of nitrogens with one attached hydrogen (secondary N) is 2. The molecule has 1 amide bonds. The lowest BCUT2D eigenvalue weighted by molar-refractivity contribution is -0.137. The van der Waals surface area contributed by atoms with Crippen LogP contribution in [0.15, 0.2) is 0 Å². The average Bonchev–Trinajstić information content (AvgIpc) is 2.22. The molecule has 0 saturated heterocycles. The Bertz CT molecular complexity index is 230. The van der Waals surface area contributed by atoms with E-state index in [2.05, 4.69) is 10.6 Å². The summed E-state index contributed by atoms with van der Waals surface area (Å²) in [5, 5.41) is 14.4. The van der Waals surface area contributed by atoms with Crippen molar-refractivity contribution >= 4 is 11.9 Å². The molecule has 0 heterocycles. The van der Waals surface area contributed by atoms with Crippen molar-refractivity contribution in [2.24, 2.45) is 0 Å². The topological polar surface area (TPSA) is 78.4 Å². The third-order valence-corrected chi connectivity index (χ3v) is 2.29. The highest BCUT2D eigenvalue weighted by Crippen LogP contribution is 1.98. The van der Waals surface area contributed by atoms with Gasteiger partial charge >= 0.3 is 5.97 Å². The summed E-state index contributed by atoms with van der Waals surface area (Å²) in [6.07, 6.45) is 3.08. The summed E-state index contributed by atoms with van der Waals surface area (Å²) in [4.78, 5) is 21.6. The molecular formula is C12H24N2O3. The van der Waals surface area contributed by atoms with Crippen molar-refractivity contribution in [3.05, 3.63) is 0 Å². The van der Waals surface area contributed by atoms with Crippen LogP contribution in [0.2, 0.25) is 0 Å². The fourth-order valence-electron chi connectivity index (χ4n) is 1.37. The van der Waals surface area contributed by atoms with E-state index in [0.717, 1.165) is 12.8 Å². The van der Waals surface area contributed by atoms with Crippen LogP contribution in [0, 0.1) is 0 Å². The third-order valence-electron chi connectivity index (χ3n) is 2.29. The van der Waals surface area contributed by atoms with Crippen LogP contribution in [0.5, 0.6) is 0 Å². The summed E-state index contributed by atoms with van der Waals surface area (Å²) in [5.74, 6) is -0.704. The molecule has 0 aromatic carbocycles. The molecule has 0 saturated carbocycles. The zero-order valence-corrected chi connectivity index (χ0v) is 10.8. The number of unbranched alkanes of at least 4 members (excludes halogenated alkanes) is 2. The standard InChI is InChI=1S/C12H24N2O3/c1-10(2)13-9-7-11(15)14-8-5-3-4-6-12(16)17/h10,13H,3-9H2,1-2H3,(H,14,15)(H,16,17). The van der Waals surface area contributed by atoms with E-state index >= 15 is 0 Å². The Morgan fingerprint density at radius 3 is 2.35 bits per heavy atom. The first-order valence-corrected chi connectivity index (χ1v) is 6.24. The van der Waals surface area contributed by atoms with Crippen molar-refractivity contribution in [1.29, 1.82) is 0 Å². The number of carbonyl (C=O) groups is 2. The molecule has 17 heavy (non-hydrogen) atoms. The number of carboxylic acids is 1. The lowest BCUT2D eigenvalue weighted by atomic mass is 10.2. The van der Waals surface area contributed by atoms with Gasteiger partial charge in [0.25, 0.3) is 0 Å². The van der Waals surface area contributed by atoms with Gasteiger partial charge in [-0.15, -0.1) is 0 Å². The van der Waals surface area contributed by atoms with Crippen LogP contribution in [0.4, 0.5) is 0 Å². The van der Waals surface area contributed by atoms with Crippen LogP contribution in [0.25, 0.3) is 0 Å². The average molecular weight is 244 g/mol. The minimum Gasteiger partial charge on any atom is -0.481 e. The molecule has 0 radical (unpaired) electrons. The van der Waals surface area contributed by atoms with Crippen molar-refractivity contribution in [3.8, 4) is 0 Å². The Labute approximate surface area is 103 Å². The van der Waals surface area contributed by atoms with Crippen LogP contribution in [0.1, 0.15) is 46.0 Å². The maximum Gasteiger partial charge on any atom is 0.303 e. The Kier molecular flexibility index (Phi) is 9.43. The van der Waals surface area contributed by atoms with Crippen molar-refractivity contribution in [1.82, 2.24) is 10.6 Å². The zero-order chi connectivity index (χ0) is 13.1. The van der Waals surface area contributed by atoms with Gasteiger partial charge in [0.1, 0.15) is 0 Å². The Morgan fingerprint density at radius 2 is 1.76 bits per heavy atom. The molecule has 0 bridgehead atoms. The molecule has 0 aliphatic carbocycles. The molecule has 0 rings (SSSR count). The first kappa shape index (κ1) is 15.9. The number of carboxylic acid groups (broad SMARTS) is 1. The van der Waals surface area contributed by atoms with Crippen molar-refractivity contribution in [3.63, 3.8) is 0 Å². The summed E-state index contributed by atoms with van der Waals surface area (Å²) in [5.41, 5.74) is 0. The largest absolute Gasteiger partial charge is 0.481 e. The van der Waals surface area contributed by atoms with Gasteiger partial charge in [-0.1, -0.05) is 20.3 Å². The molecule has 0 aliphatic rings. The first-order chi connectivity index (χ1) is 8.02. The van der Waals surface area contributed by atoms with Gasteiger partial charge in [-0.2, -0.15) is 0 Å². The lowest BCUT2D eigenvalue weighted by Crippen LogP contribution is -2.31. The Morgan fingerprint density at radius 1 is 1.06 bits per heavy atom. The molecule has 0 atom stereocenters. The van der Waals surface area contributed by atoms with E-state index in [1.807, 2.05) is 13.8 Å². The van der Waals surface area contributed by atoms with Crippen LogP contribution in [-0.2, 0) is 9.59 Å². The molecule has 0 aromatic rings. The predicted octanol–water partition coefficient (Wildman–Crippen LogP) is 1.14. The number of rotatable bonds is 10. The predicted molar refractivity (Wildman–Crippen MR) is 66.9 cm³/mol. The zero-order valence-electron chi connectivity index (χ0n) is 10.8. The van der Waals surface area contributed by atoms with E-state index in [0.29, 0.717) is 32.0 Å². The highest BCUT2D eigenvalue weighted by atomic mass is 16.4. The summed E-state index contributed by atoms with van der Waals surface area (Å²) in [7, 11) is 0. The lowest BCUT2D eigenvalue weighted by Gasteiger charge is -2.08. The number of hydrogen-bond acceptors (Lipinski definition) is 3. The second-order valence-corrected chi connectivity index (χ2v) is 4.41. The van der Waals surface area contributed by atoms with Crippen LogP contribution in [0.3, 0.4) is 0 Å². The van der Waals surface area contributed by atoms with E-state index in [9.17, 15) is 9.59 Å². The molecule has 0 spiro atoms. The molecule has 5 heteroatoms. The fourth-order valence-corrected chi connectivity index (χ4v) is 1.37. The summed E-state index contributed by atoms with van der Waals surface area (Å²) in [6, 6.07) is 0.402. The Balaban J connectivity index is 3.24. The van der Waals surface area contributed by atoms with Crippen molar-refractivity contribution < 1.29 is 14.7 Å². The van der Waals surface area contributed by atoms with Crippen LogP contribution in [-0.4, -0.2) is 36.1 Å². The quantitative estimate of drug-likeness (QED) is 0.503. The summed E-state index contributed by atoms with van der Waals surface area (Å²) >= 11 is 0. The van der Waals surface area contributed by atoms with Gasteiger partial charge in [-0.05, 0) is 12.8 Å². The summed E-state index contributed by atoms with van der Waals surface area (Å²) < 4.78 is 0. The second kappa shape index (κ2) is 10.1. The molecule has 5 nitrogen and oxygen atoms in total. The van der Waals surface area contributed by atoms with Crippen LogP contribution >= 0.6 is 0 Å². The van der Waals surface area contributed by atoms with Gasteiger partial charge in [-0.3, -0.25) is 9.59 Å². The number of hydrogen-bond donors (Lipinski definition) is 3. The van der Waals surface area contributed by atoms with Gasteiger partial charge in [0.2, 0.25) is 5.91 Å². The minimum atomic E-state index is -0.756. The first-order valence-electron chi connectivity index (χ1n) is 6.24. The number of carbonyl (C=O) groups excluding carboxylic acids is 1. The van der Waals surface area contributed by atoms with E-state index in [4.69, 9.17) is 5.11 Å². The van der Waals surface area contributed by atoms with E-state index in [-0.39, 0.29) is 12.3 Å². The maximum atomic E-state index is 11.3. The van der Waals surface area contributed by atoms with Gasteiger partial charge in [0.15, 0.2) is 0 Å². The summed E-state index contributed by atoms with van der Waals surface area (Å²) in [6.45, 7) is 5.42.